The highest BCUT2D eigenvalue weighted by Crippen LogP contribution is 2.44. The number of ether oxygens (including phenoxy) is 1. The van der Waals surface area contributed by atoms with E-state index in [0.717, 1.165) is 18.7 Å². The summed E-state index contributed by atoms with van der Waals surface area (Å²) in [6.45, 7) is 5.66. The Kier molecular flexibility index (Phi) is 4.35. The van der Waals surface area contributed by atoms with Gasteiger partial charge in [-0.3, -0.25) is 0 Å². The number of hydrogen-bond donors (Lipinski definition) is 1. The Balaban J connectivity index is 2.52. The van der Waals surface area contributed by atoms with Crippen LogP contribution in [-0.4, -0.2) is 26.7 Å². The topological polar surface area (TPSA) is 37.5 Å². The standard InChI is InChI=1S/C17H24N2O/c1-13-12-19(3)14(2)11-17(13,9-10-18)15-7-5-6-8-16(15)20-4/h5-8,13-14H,9,11-12H2,1-4H3/p+1/t13-,14+,17-/m1/s1. The number of nitrogens with zero attached hydrogens (tertiary/aromatic N) is 1. The van der Waals surface area contributed by atoms with Gasteiger partial charge in [0.05, 0.1) is 32.8 Å². The monoisotopic (exact) mass is 273 g/mol. The number of nitriles is 1. The lowest BCUT2D eigenvalue weighted by Gasteiger charge is -2.46. The number of hydrogen-bond acceptors (Lipinski definition) is 2. The molecule has 0 aromatic heterocycles. The largest absolute Gasteiger partial charge is 0.496 e. The first-order valence-electron chi connectivity index (χ1n) is 7.38. The van der Waals surface area contributed by atoms with Gasteiger partial charge in [-0.1, -0.05) is 25.1 Å². The highest BCUT2D eigenvalue weighted by molar-refractivity contribution is 5.41. The highest BCUT2D eigenvalue weighted by atomic mass is 16.5. The van der Waals surface area contributed by atoms with Gasteiger partial charge in [0.2, 0.25) is 0 Å². The molecule has 3 heteroatoms. The van der Waals surface area contributed by atoms with E-state index in [4.69, 9.17) is 4.74 Å². The van der Waals surface area contributed by atoms with Crippen molar-refractivity contribution >= 4 is 0 Å². The van der Waals surface area contributed by atoms with Crippen LogP contribution in [0.3, 0.4) is 0 Å². The Morgan fingerprint density at radius 3 is 2.75 bits per heavy atom. The SMILES string of the molecule is COc1ccccc1[C@]1(CC#N)C[C@H](C)[NH+](C)C[C@H]1C. The molecule has 0 saturated carbocycles. The number of benzene rings is 1. The molecule has 0 spiro atoms. The van der Waals surface area contributed by atoms with Crippen molar-refractivity contribution < 1.29 is 9.64 Å². The molecule has 1 saturated heterocycles. The van der Waals surface area contributed by atoms with E-state index in [0.29, 0.717) is 18.4 Å². The van der Waals surface area contributed by atoms with Crippen molar-refractivity contribution in [2.45, 2.75) is 38.1 Å². The maximum atomic E-state index is 9.38. The van der Waals surface area contributed by atoms with Crippen LogP contribution >= 0.6 is 0 Å². The molecular formula is C17H25N2O+. The number of piperidine rings is 1. The number of rotatable bonds is 3. The molecule has 0 amide bonds. The van der Waals surface area contributed by atoms with Crippen LogP contribution in [0.5, 0.6) is 5.75 Å². The summed E-state index contributed by atoms with van der Waals surface area (Å²) in [7, 11) is 3.97. The van der Waals surface area contributed by atoms with E-state index < -0.39 is 0 Å². The smallest absolute Gasteiger partial charge is 0.122 e. The van der Waals surface area contributed by atoms with Gasteiger partial charge in [0.25, 0.3) is 0 Å². The van der Waals surface area contributed by atoms with Crippen molar-refractivity contribution in [1.29, 1.82) is 5.26 Å². The molecule has 1 aliphatic rings. The van der Waals surface area contributed by atoms with E-state index in [9.17, 15) is 5.26 Å². The fraction of sp³-hybridized carbons (Fsp3) is 0.588. The second kappa shape index (κ2) is 5.85. The Labute approximate surface area is 122 Å². The van der Waals surface area contributed by atoms with Crippen LogP contribution in [0.4, 0.5) is 0 Å². The molecule has 0 radical (unpaired) electrons. The van der Waals surface area contributed by atoms with Gasteiger partial charge >= 0.3 is 0 Å². The number of nitrogens with one attached hydrogen (secondary N) is 1. The zero-order chi connectivity index (χ0) is 14.8. The molecule has 1 aliphatic heterocycles. The van der Waals surface area contributed by atoms with E-state index in [1.807, 2.05) is 12.1 Å². The van der Waals surface area contributed by atoms with Gasteiger partial charge in [0.15, 0.2) is 0 Å². The van der Waals surface area contributed by atoms with E-state index >= 15 is 0 Å². The predicted molar refractivity (Wildman–Crippen MR) is 79.9 cm³/mol. The maximum absolute atomic E-state index is 9.38. The summed E-state index contributed by atoms with van der Waals surface area (Å²) in [6, 6.07) is 11.2. The van der Waals surface area contributed by atoms with Gasteiger partial charge in [-0.2, -0.15) is 5.26 Å². The molecule has 4 atom stereocenters. The first kappa shape index (κ1) is 14.9. The molecule has 1 aromatic rings. The van der Waals surface area contributed by atoms with Gasteiger partial charge in [-0.25, -0.2) is 0 Å². The van der Waals surface area contributed by atoms with Gasteiger partial charge in [0.1, 0.15) is 5.75 Å². The van der Waals surface area contributed by atoms with Crippen molar-refractivity contribution in [3.63, 3.8) is 0 Å². The van der Waals surface area contributed by atoms with Crippen LogP contribution in [0.1, 0.15) is 32.3 Å². The summed E-state index contributed by atoms with van der Waals surface area (Å²) in [4.78, 5) is 1.56. The van der Waals surface area contributed by atoms with Crippen LogP contribution in [0.25, 0.3) is 0 Å². The summed E-state index contributed by atoms with van der Waals surface area (Å²) in [5.41, 5.74) is 1.12. The maximum Gasteiger partial charge on any atom is 0.122 e. The second-order valence-electron chi connectivity index (χ2n) is 6.25. The van der Waals surface area contributed by atoms with Crippen molar-refractivity contribution in [3.8, 4) is 11.8 Å². The van der Waals surface area contributed by atoms with E-state index in [-0.39, 0.29) is 5.41 Å². The summed E-state index contributed by atoms with van der Waals surface area (Å²) in [6.07, 6.45) is 1.60. The third kappa shape index (κ3) is 2.41. The fourth-order valence-corrected chi connectivity index (χ4v) is 3.72. The zero-order valence-electron chi connectivity index (χ0n) is 12.9. The second-order valence-corrected chi connectivity index (χ2v) is 6.25. The lowest BCUT2D eigenvalue weighted by Crippen LogP contribution is -3.15. The molecule has 1 heterocycles. The number of likely N-dealkylation sites (tertiary alicyclic amines) is 1. The Bertz CT molecular complexity index is 508. The minimum Gasteiger partial charge on any atom is -0.496 e. The number of quaternary nitrogens is 1. The molecule has 0 bridgehead atoms. The van der Waals surface area contributed by atoms with Crippen LogP contribution in [0.15, 0.2) is 24.3 Å². The van der Waals surface area contributed by atoms with Crippen LogP contribution in [0, 0.1) is 17.2 Å². The summed E-state index contributed by atoms with van der Waals surface area (Å²) >= 11 is 0. The molecular weight excluding hydrogens is 248 g/mol. The summed E-state index contributed by atoms with van der Waals surface area (Å²) in [5, 5.41) is 9.38. The van der Waals surface area contributed by atoms with Gasteiger partial charge in [0, 0.05) is 29.7 Å². The summed E-state index contributed by atoms with van der Waals surface area (Å²) in [5.74, 6) is 1.39. The third-order valence-electron chi connectivity index (χ3n) is 5.12. The van der Waals surface area contributed by atoms with Crippen molar-refractivity contribution in [3.05, 3.63) is 29.8 Å². The zero-order valence-corrected chi connectivity index (χ0v) is 12.9. The lowest BCUT2D eigenvalue weighted by atomic mass is 9.63. The van der Waals surface area contributed by atoms with Crippen LogP contribution < -0.4 is 9.64 Å². The first-order chi connectivity index (χ1) is 9.55. The molecule has 3 nitrogen and oxygen atoms in total. The average Bonchev–Trinajstić information content (AvgIpc) is 2.45. The van der Waals surface area contributed by atoms with E-state index in [2.05, 4.69) is 39.1 Å². The summed E-state index contributed by atoms with van der Waals surface area (Å²) < 4.78 is 5.56. The fourth-order valence-electron chi connectivity index (χ4n) is 3.72. The van der Waals surface area contributed by atoms with Crippen molar-refractivity contribution in [2.75, 3.05) is 20.7 Å². The van der Waals surface area contributed by atoms with Gasteiger partial charge < -0.3 is 9.64 Å². The molecule has 1 fully saturated rings. The predicted octanol–water partition coefficient (Wildman–Crippen LogP) is 1.79. The molecule has 1 N–H and O–H groups in total. The minimum atomic E-state index is -0.0831. The average molecular weight is 273 g/mol. The Morgan fingerprint density at radius 1 is 1.40 bits per heavy atom. The van der Waals surface area contributed by atoms with E-state index in [1.165, 1.54) is 5.56 Å². The van der Waals surface area contributed by atoms with Crippen LogP contribution in [-0.2, 0) is 5.41 Å². The molecule has 20 heavy (non-hydrogen) atoms. The Hall–Kier alpha value is -1.53. The number of para-hydroxylation sites is 1. The molecule has 1 aromatic carbocycles. The lowest BCUT2D eigenvalue weighted by molar-refractivity contribution is -0.915. The quantitative estimate of drug-likeness (QED) is 0.911. The normalized spacial score (nSPS) is 33.5. The minimum absolute atomic E-state index is 0.0831. The molecule has 108 valence electrons. The highest BCUT2D eigenvalue weighted by Gasteiger charge is 2.47. The third-order valence-corrected chi connectivity index (χ3v) is 5.12. The number of methoxy groups -OCH3 is 1. The molecule has 1 unspecified atom stereocenters. The molecule has 2 rings (SSSR count). The van der Waals surface area contributed by atoms with Gasteiger partial charge in [-0.05, 0) is 13.0 Å². The van der Waals surface area contributed by atoms with Gasteiger partial charge in [-0.15, -0.1) is 0 Å². The molecule has 0 aliphatic carbocycles. The van der Waals surface area contributed by atoms with Crippen LogP contribution in [0.2, 0.25) is 0 Å². The van der Waals surface area contributed by atoms with Crippen molar-refractivity contribution in [2.24, 2.45) is 5.92 Å². The van der Waals surface area contributed by atoms with Crippen molar-refractivity contribution in [1.82, 2.24) is 0 Å². The Morgan fingerprint density at radius 2 is 2.10 bits per heavy atom. The first-order valence-corrected chi connectivity index (χ1v) is 7.38. The van der Waals surface area contributed by atoms with E-state index in [1.54, 1.807) is 12.0 Å².